The standard InChI is InChI=1S/C19H16FN3O3/c1-25-15-6-4-11-7-13(19(24)23-18(11)17(15)20)10-22-14-5-3-12(9-21)16(8-14)26-2/h3-8,22H,10H2,1-2H3,(H,23,24). The highest BCUT2D eigenvalue weighted by atomic mass is 19.1. The summed E-state index contributed by atoms with van der Waals surface area (Å²) in [5.74, 6) is -0.0822. The van der Waals surface area contributed by atoms with E-state index < -0.39 is 11.4 Å². The molecule has 3 rings (SSSR count). The molecule has 0 spiro atoms. The van der Waals surface area contributed by atoms with Crippen LogP contribution in [0.4, 0.5) is 10.1 Å². The Kier molecular flexibility index (Phi) is 4.76. The van der Waals surface area contributed by atoms with Crippen LogP contribution in [-0.4, -0.2) is 19.2 Å². The maximum absolute atomic E-state index is 14.2. The number of ether oxygens (including phenoxy) is 2. The Morgan fingerprint density at radius 2 is 1.92 bits per heavy atom. The normalized spacial score (nSPS) is 10.4. The Bertz CT molecular complexity index is 1070. The highest BCUT2D eigenvalue weighted by molar-refractivity contribution is 5.81. The largest absolute Gasteiger partial charge is 0.495 e. The number of methoxy groups -OCH3 is 2. The molecule has 0 fully saturated rings. The van der Waals surface area contributed by atoms with Crippen molar-refractivity contribution in [3.05, 3.63) is 63.7 Å². The average molecular weight is 353 g/mol. The number of nitrogens with zero attached hydrogens (tertiary/aromatic N) is 1. The lowest BCUT2D eigenvalue weighted by Crippen LogP contribution is -2.16. The topological polar surface area (TPSA) is 87.1 Å². The maximum Gasteiger partial charge on any atom is 0.253 e. The summed E-state index contributed by atoms with van der Waals surface area (Å²) >= 11 is 0. The number of hydrogen-bond acceptors (Lipinski definition) is 5. The molecule has 1 heterocycles. The van der Waals surface area contributed by atoms with Gasteiger partial charge in [-0.15, -0.1) is 0 Å². The molecule has 0 saturated carbocycles. The molecule has 26 heavy (non-hydrogen) atoms. The second-order valence-corrected chi connectivity index (χ2v) is 5.55. The summed E-state index contributed by atoms with van der Waals surface area (Å²) in [7, 11) is 2.85. The van der Waals surface area contributed by atoms with Crippen LogP contribution in [0.2, 0.25) is 0 Å². The molecule has 3 aromatic rings. The van der Waals surface area contributed by atoms with Gasteiger partial charge in [0.25, 0.3) is 5.56 Å². The van der Waals surface area contributed by atoms with Crippen LogP contribution in [0.1, 0.15) is 11.1 Å². The van der Waals surface area contributed by atoms with E-state index in [2.05, 4.69) is 10.3 Å². The summed E-state index contributed by atoms with van der Waals surface area (Å²) in [6.45, 7) is 0.230. The zero-order valence-electron chi connectivity index (χ0n) is 14.2. The zero-order valence-corrected chi connectivity index (χ0v) is 14.2. The number of benzene rings is 2. The number of halogens is 1. The highest BCUT2D eigenvalue weighted by Crippen LogP contribution is 2.25. The number of aromatic nitrogens is 1. The number of nitriles is 1. The third-order valence-corrected chi connectivity index (χ3v) is 4.02. The Morgan fingerprint density at radius 3 is 2.62 bits per heavy atom. The summed E-state index contributed by atoms with van der Waals surface area (Å²) < 4.78 is 24.3. The minimum absolute atomic E-state index is 0.0729. The number of rotatable bonds is 5. The van der Waals surface area contributed by atoms with Gasteiger partial charge in [-0.05, 0) is 30.3 Å². The van der Waals surface area contributed by atoms with Crippen LogP contribution in [-0.2, 0) is 6.54 Å². The molecule has 1 aromatic heterocycles. The van der Waals surface area contributed by atoms with E-state index in [1.807, 2.05) is 6.07 Å². The van der Waals surface area contributed by atoms with Gasteiger partial charge in [0.1, 0.15) is 11.8 Å². The molecule has 132 valence electrons. The zero-order chi connectivity index (χ0) is 18.7. The van der Waals surface area contributed by atoms with Gasteiger partial charge in [-0.2, -0.15) is 5.26 Å². The van der Waals surface area contributed by atoms with Crippen molar-refractivity contribution in [1.82, 2.24) is 4.98 Å². The SMILES string of the molecule is COc1cc(NCc2cc3ccc(OC)c(F)c3[nH]c2=O)ccc1C#N. The molecule has 0 aliphatic heterocycles. The monoisotopic (exact) mass is 353 g/mol. The van der Waals surface area contributed by atoms with E-state index >= 15 is 0 Å². The number of pyridine rings is 1. The van der Waals surface area contributed by atoms with Crippen LogP contribution >= 0.6 is 0 Å². The van der Waals surface area contributed by atoms with Crippen LogP contribution in [0, 0.1) is 17.1 Å². The number of nitrogens with one attached hydrogen (secondary N) is 2. The molecule has 0 atom stereocenters. The van der Waals surface area contributed by atoms with Gasteiger partial charge in [0.15, 0.2) is 11.6 Å². The third kappa shape index (κ3) is 3.17. The molecule has 0 amide bonds. The minimum Gasteiger partial charge on any atom is -0.495 e. The number of fused-ring (bicyclic) bond motifs is 1. The van der Waals surface area contributed by atoms with Gasteiger partial charge in [0.2, 0.25) is 0 Å². The van der Waals surface area contributed by atoms with Crippen molar-refractivity contribution in [1.29, 1.82) is 5.26 Å². The Hall–Kier alpha value is -3.53. The molecule has 0 bridgehead atoms. The van der Waals surface area contributed by atoms with Crippen LogP contribution in [0.25, 0.3) is 10.9 Å². The van der Waals surface area contributed by atoms with Crippen molar-refractivity contribution in [2.24, 2.45) is 0 Å². The first-order valence-corrected chi connectivity index (χ1v) is 7.77. The first-order valence-electron chi connectivity index (χ1n) is 7.77. The molecular formula is C19H16FN3O3. The van der Waals surface area contributed by atoms with Crippen LogP contribution in [0.3, 0.4) is 0 Å². The first-order chi connectivity index (χ1) is 12.6. The fourth-order valence-corrected chi connectivity index (χ4v) is 2.65. The third-order valence-electron chi connectivity index (χ3n) is 4.02. The molecular weight excluding hydrogens is 337 g/mol. The van der Waals surface area contributed by atoms with Crippen molar-refractivity contribution in [3.63, 3.8) is 0 Å². The minimum atomic E-state index is -0.599. The predicted molar refractivity (Wildman–Crippen MR) is 96.1 cm³/mol. The van der Waals surface area contributed by atoms with E-state index in [0.717, 1.165) is 0 Å². The summed E-state index contributed by atoms with van der Waals surface area (Å²) in [4.78, 5) is 14.8. The predicted octanol–water partition coefficient (Wildman–Crippen LogP) is 3.17. The summed E-state index contributed by atoms with van der Waals surface area (Å²) in [6.07, 6.45) is 0. The van der Waals surface area contributed by atoms with Crippen LogP contribution in [0.5, 0.6) is 11.5 Å². The van der Waals surface area contributed by atoms with E-state index in [-0.39, 0.29) is 17.8 Å². The number of aromatic amines is 1. The van der Waals surface area contributed by atoms with Crippen molar-refractivity contribution in [2.75, 3.05) is 19.5 Å². The van der Waals surface area contributed by atoms with Gasteiger partial charge >= 0.3 is 0 Å². The fraction of sp³-hybridized carbons (Fsp3) is 0.158. The lowest BCUT2D eigenvalue weighted by molar-refractivity contribution is 0.388. The molecule has 0 saturated heterocycles. The second-order valence-electron chi connectivity index (χ2n) is 5.55. The average Bonchev–Trinajstić information content (AvgIpc) is 2.67. The van der Waals surface area contributed by atoms with Crippen molar-refractivity contribution in [2.45, 2.75) is 6.54 Å². The van der Waals surface area contributed by atoms with E-state index in [1.54, 1.807) is 30.3 Å². The molecule has 2 aromatic carbocycles. The van der Waals surface area contributed by atoms with Crippen LogP contribution < -0.4 is 20.3 Å². The van der Waals surface area contributed by atoms with Gasteiger partial charge in [-0.1, -0.05) is 0 Å². The maximum atomic E-state index is 14.2. The van der Waals surface area contributed by atoms with Gasteiger partial charge in [0, 0.05) is 29.2 Å². The van der Waals surface area contributed by atoms with Gasteiger partial charge in [-0.25, -0.2) is 4.39 Å². The molecule has 6 nitrogen and oxygen atoms in total. The lowest BCUT2D eigenvalue weighted by atomic mass is 10.1. The Morgan fingerprint density at radius 1 is 1.15 bits per heavy atom. The lowest BCUT2D eigenvalue weighted by Gasteiger charge is -2.10. The van der Waals surface area contributed by atoms with Gasteiger partial charge in [0.05, 0.1) is 25.3 Å². The summed E-state index contributed by atoms with van der Waals surface area (Å²) in [5, 5.41) is 12.7. The number of H-pyrrole nitrogens is 1. The summed E-state index contributed by atoms with van der Waals surface area (Å²) in [6, 6.07) is 11.9. The smallest absolute Gasteiger partial charge is 0.253 e. The summed E-state index contributed by atoms with van der Waals surface area (Å²) in [5.41, 5.74) is 1.29. The Labute approximate surface area is 148 Å². The van der Waals surface area contributed by atoms with Crippen molar-refractivity contribution in [3.8, 4) is 17.6 Å². The molecule has 0 aliphatic carbocycles. The van der Waals surface area contributed by atoms with E-state index in [1.165, 1.54) is 20.3 Å². The van der Waals surface area contributed by atoms with Gasteiger partial charge in [-0.3, -0.25) is 4.79 Å². The van der Waals surface area contributed by atoms with Crippen molar-refractivity contribution >= 4 is 16.6 Å². The number of hydrogen-bond donors (Lipinski definition) is 2. The number of anilines is 1. The molecule has 7 heteroatoms. The fourth-order valence-electron chi connectivity index (χ4n) is 2.65. The molecule has 0 aliphatic rings. The van der Waals surface area contributed by atoms with E-state index in [0.29, 0.717) is 28.0 Å². The highest BCUT2D eigenvalue weighted by Gasteiger charge is 2.11. The molecule has 2 N–H and O–H groups in total. The molecule has 0 unspecified atom stereocenters. The van der Waals surface area contributed by atoms with Gasteiger partial charge < -0.3 is 19.8 Å². The quantitative estimate of drug-likeness (QED) is 0.736. The first kappa shape index (κ1) is 17.3. The van der Waals surface area contributed by atoms with Crippen LogP contribution in [0.15, 0.2) is 41.2 Å². The van der Waals surface area contributed by atoms with Crippen molar-refractivity contribution < 1.29 is 13.9 Å². The second kappa shape index (κ2) is 7.15. The Balaban J connectivity index is 1.89. The van der Waals surface area contributed by atoms with E-state index in [9.17, 15) is 9.18 Å². The van der Waals surface area contributed by atoms with E-state index in [4.69, 9.17) is 14.7 Å². The molecule has 0 radical (unpaired) electrons.